The molecule has 0 aliphatic rings. The topological polar surface area (TPSA) is 66.4 Å². The van der Waals surface area contributed by atoms with Gasteiger partial charge in [0.15, 0.2) is 0 Å². The van der Waals surface area contributed by atoms with Gasteiger partial charge in [0.2, 0.25) is 0 Å². The molecule has 12 heavy (non-hydrogen) atoms. The summed E-state index contributed by atoms with van der Waals surface area (Å²) in [5, 5.41) is 8.37. The fraction of sp³-hybridized carbons (Fsp3) is 0.714. The average Bonchev–Trinajstić information content (AvgIpc) is 2.04. The monoisotopic (exact) mass is 285 g/mol. The second-order valence-electron chi connectivity index (χ2n) is 2.41. The zero-order chi connectivity index (χ0) is 9.56. The van der Waals surface area contributed by atoms with Gasteiger partial charge in [0.1, 0.15) is 5.78 Å². The summed E-state index contributed by atoms with van der Waals surface area (Å²) in [4.78, 5) is 21.3. The Bertz CT molecular complexity index is 172. The zero-order valence-corrected chi connectivity index (χ0v) is 9.00. The van der Waals surface area contributed by atoms with Crippen molar-refractivity contribution in [2.75, 3.05) is 0 Å². The molecule has 0 aliphatic heterocycles. The molecule has 0 saturated heterocycles. The predicted molar refractivity (Wildman–Crippen MR) is 53.1 cm³/mol. The van der Waals surface area contributed by atoms with E-state index in [1.54, 1.807) is 6.92 Å². The molecule has 0 fully saturated rings. The number of carbonyl (C=O) groups is 2. The first-order valence-corrected chi connectivity index (χ1v) is 4.80. The molecule has 70 valence electrons. The van der Waals surface area contributed by atoms with Gasteiger partial charge < -0.3 is 5.11 Å². The molecule has 0 aliphatic carbocycles. The van der Waals surface area contributed by atoms with E-state index >= 15 is 0 Å². The van der Waals surface area contributed by atoms with Gasteiger partial charge in [-0.25, -0.2) is 0 Å². The van der Waals surface area contributed by atoms with Crippen molar-refractivity contribution in [3.8, 4) is 0 Å². The number of carbonyl (C=O) groups excluding carboxylic acids is 1. The van der Waals surface area contributed by atoms with Gasteiger partial charge >= 0.3 is 5.97 Å². The van der Waals surface area contributed by atoms with Crippen LogP contribution in [0.3, 0.4) is 0 Å². The lowest BCUT2D eigenvalue weighted by atomic mass is 10.1. The minimum Gasteiger partial charge on any atom is -0.481 e. The lowest BCUT2D eigenvalue weighted by Gasteiger charge is -2.10. The maximum atomic E-state index is 11.1. The quantitative estimate of drug-likeness (QED) is 0.567. The van der Waals surface area contributed by atoms with Crippen molar-refractivity contribution in [2.24, 2.45) is 0 Å². The highest BCUT2D eigenvalue weighted by molar-refractivity contribution is 14.1. The highest BCUT2D eigenvalue weighted by Crippen LogP contribution is 2.02. The number of nitrogens with one attached hydrogen (secondary N) is 1. The Morgan fingerprint density at radius 3 is 2.50 bits per heavy atom. The molecule has 0 aromatic rings. The second-order valence-corrected chi connectivity index (χ2v) is 3.04. The van der Waals surface area contributed by atoms with Crippen LogP contribution in [0.15, 0.2) is 0 Å². The first-order valence-electron chi connectivity index (χ1n) is 3.72. The lowest BCUT2D eigenvalue weighted by Crippen LogP contribution is -2.30. The Balaban J connectivity index is 3.83. The third kappa shape index (κ3) is 4.66. The van der Waals surface area contributed by atoms with Crippen LogP contribution in [0.4, 0.5) is 0 Å². The van der Waals surface area contributed by atoms with Crippen molar-refractivity contribution < 1.29 is 14.7 Å². The third-order valence-corrected chi connectivity index (χ3v) is 2.27. The molecule has 0 spiro atoms. The number of hydrogen-bond acceptors (Lipinski definition) is 3. The van der Waals surface area contributed by atoms with Crippen molar-refractivity contribution in [2.45, 2.75) is 32.2 Å². The average molecular weight is 285 g/mol. The largest absolute Gasteiger partial charge is 0.481 e. The van der Waals surface area contributed by atoms with E-state index in [0.717, 1.165) is 0 Å². The van der Waals surface area contributed by atoms with Crippen LogP contribution in [0.1, 0.15) is 26.2 Å². The Hall–Kier alpha value is -0.170. The molecular weight excluding hydrogens is 273 g/mol. The molecule has 0 amide bonds. The molecule has 5 heteroatoms. The summed E-state index contributed by atoms with van der Waals surface area (Å²) in [6.45, 7) is 1.77. The maximum Gasteiger partial charge on any atom is 0.303 e. The predicted octanol–water partition coefficient (Wildman–Crippen LogP) is 1.14. The number of Topliss-reactive ketones (excluding diaryl/α,β-unsaturated/α-hetero) is 1. The smallest absolute Gasteiger partial charge is 0.303 e. The van der Waals surface area contributed by atoms with Gasteiger partial charge in [-0.05, 0) is 6.42 Å². The molecule has 0 saturated carbocycles. The number of carboxylic acids is 1. The summed E-state index contributed by atoms with van der Waals surface area (Å²) in [6.07, 6.45) is 0.845. The van der Waals surface area contributed by atoms with Crippen molar-refractivity contribution >= 4 is 34.6 Å². The van der Waals surface area contributed by atoms with Crippen molar-refractivity contribution in [1.29, 1.82) is 0 Å². The molecule has 4 nitrogen and oxygen atoms in total. The highest BCUT2D eigenvalue weighted by Gasteiger charge is 2.15. The SMILES string of the molecule is CCC(=O)C(CCC(=O)O)NI. The molecule has 0 rings (SSSR count). The Labute approximate surface area is 85.2 Å². The number of rotatable bonds is 6. The standard InChI is InChI=1S/C7H12INO3/c1-2-6(10)5(9-8)3-4-7(11)12/h5,9H,2-4H2,1H3,(H,11,12). The first kappa shape index (κ1) is 11.8. The van der Waals surface area contributed by atoms with Crippen LogP contribution in [0.25, 0.3) is 0 Å². The Kier molecular flexibility index (Phi) is 6.27. The van der Waals surface area contributed by atoms with E-state index in [1.165, 1.54) is 0 Å². The van der Waals surface area contributed by atoms with Crippen LogP contribution in [0.5, 0.6) is 0 Å². The van der Waals surface area contributed by atoms with Crippen LogP contribution in [-0.4, -0.2) is 22.9 Å². The van der Waals surface area contributed by atoms with E-state index in [4.69, 9.17) is 5.11 Å². The van der Waals surface area contributed by atoms with Gasteiger partial charge in [0, 0.05) is 35.7 Å². The van der Waals surface area contributed by atoms with Crippen LogP contribution < -0.4 is 3.53 Å². The number of hydrogen-bond donors (Lipinski definition) is 2. The lowest BCUT2D eigenvalue weighted by molar-refractivity contribution is -0.137. The van der Waals surface area contributed by atoms with Gasteiger partial charge in [0.25, 0.3) is 0 Å². The van der Waals surface area contributed by atoms with E-state index in [0.29, 0.717) is 12.8 Å². The number of ketones is 1. The van der Waals surface area contributed by atoms with E-state index in [9.17, 15) is 9.59 Å². The van der Waals surface area contributed by atoms with Gasteiger partial charge in [-0.1, -0.05) is 6.92 Å². The molecule has 0 aromatic heterocycles. The molecule has 1 unspecified atom stereocenters. The van der Waals surface area contributed by atoms with Crippen LogP contribution in [-0.2, 0) is 9.59 Å². The summed E-state index contributed by atoms with van der Waals surface area (Å²) in [6, 6.07) is -0.313. The molecule has 2 N–H and O–H groups in total. The van der Waals surface area contributed by atoms with Crippen molar-refractivity contribution in [3.63, 3.8) is 0 Å². The fourth-order valence-corrected chi connectivity index (χ4v) is 1.45. The van der Waals surface area contributed by atoms with Crippen LogP contribution in [0, 0.1) is 0 Å². The van der Waals surface area contributed by atoms with Gasteiger partial charge in [-0.2, -0.15) is 0 Å². The van der Waals surface area contributed by atoms with Crippen molar-refractivity contribution in [1.82, 2.24) is 3.53 Å². The number of carboxylic acid groups (broad SMARTS) is 1. The molecule has 0 radical (unpaired) electrons. The number of aliphatic carboxylic acids is 1. The molecule has 0 bridgehead atoms. The summed E-state index contributed by atoms with van der Waals surface area (Å²) in [5.41, 5.74) is 0. The zero-order valence-electron chi connectivity index (χ0n) is 6.84. The molecule has 0 heterocycles. The Morgan fingerprint density at radius 2 is 2.17 bits per heavy atom. The Morgan fingerprint density at radius 1 is 1.58 bits per heavy atom. The van der Waals surface area contributed by atoms with Gasteiger partial charge in [-0.15, -0.1) is 0 Å². The number of halogens is 1. The minimum atomic E-state index is -0.865. The van der Waals surface area contributed by atoms with E-state index in [2.05, 4.69) is 3.53 Å². The second kappa shape index (κ2) is 6.36. The summed E-state index contributed by atoms with van der Waals surface area (Å²) in [5.74, 6) is -0.804. The van der Waals surface area contributed by atoms with Crippen molar-refractivity contribution in [3.05, 3.63) is 0 Å². The normalized spacial score (nSPS) is 12.5. The molecule has 0 aromatic carbocycles. The minimum absolute atomic E-state index is 0.0341. The summed E-state index contributed by atoms with van der Waals surface area (Å²) < 4.78 is 2.77. The third-order valence-electron chi connectivity index (χ3n) is 1.52. The van der Waals surface area contributed by atoms with E-state index in [-0.39, 0.29) is 18.2 Å². The maximum absolute atomic E-state index is 11.1. The summed E-state index contributed by atoms with van der Waals surface area (Å²) >= 11 is 1.87. The van der Waals surface area contributed by atoms with Gasteiger partial charge in [0.05, 0.1) is 6.04 Å². The van der Waals surface area contributed by atoms with E-state index in [1.807, 2.05) is 22.9 Å². The van der Waals surface area contributed by atoms with Crippen LogP contribution >= 0.6 is 22.9 Å². The summed E-state index contributed by atoms with van der Waals surface area (Å²) in [7, 11) is 0. The fourth-order valence-electron chi connectivity index (χ4n) is 0.791. The molecular formula is C7H12INO3. The van der Waals surface area contributed by atoms with Crippen LogP contribution in [0.2, 0.25) is 0 Å². The highest BCUT2D eigenvalue weighted by atomic mass is 127. The van der Waals surface area contributed by atoms with Gasteiger partial charge in [-0.3, -0.25) is 13.1 Å². The molecule has 1 atom stereocenters. The first-order chi connectivity index (χ1) is 5.61. The van der Waals surface area contributed by atoms with E-state index < -0.39 is 5.97 Å².